The van der Waals surface area contributed by atoms with Gasteiger partial charge >= 0.3 is 0 Å². The van der Waals surface area contributed by atoms with E-state index in [1.807, 2.05) is 20.8 Å². The number of rotatable bonds is 6. The molecule has 0 atom stereocenters. The van der Waals surface area contributed by atoms with Crippen LogP contribution in [0.4, 0.5) is 5.69 Å². The quantitative estimate of drug-likeness (QED) is 0.784. The number of nitrogens with two attached hydrogens (primary N) is 1. The predicted octanol–water partition coefficient (Wildman–Crippen LogP) is 1.99. The van der Waals surface area contributed by atoms with Crippen molar-refractivity contribution in [2.45, 2.75) is 32.1 Å². The van der Waals surface area contributed by atoms with Crippen LogP contribution in [0.15, 0.2) is 23.1 Å². The van der Waals surface area contributed by atoms with E-state index in [-0.39, 0.29) is 10.3 Å². The van der Waals surface area contributed by atoms with Crippen molar-refractivity contribution in [1.82, 2.24) is 4.72 Å². The van der Waals surface area contributed by atoms with Crippen LogP contribution in [0.5, 0.6) is 5.75 Å². The molecule has 0 aliphatic rings. The first kappa shape index (κ1) is 15.8. The third-order valence-corrected chi connectivity index (χ3v) is 4.61. The van der Waals surface area contributed by atoms with E-state index in [1.165, 1.54) is 25.3 Å². The van der Waals surface area contributed by atoms with E-state index in [1.54, 1.807) is 0 Å². The lowest BCUT2D eigenvalue weighted by Gasteiger charge is -2.22. The van der Waals surface area contributed by atoms with E-state index in [0.717, 1.165) is 6.42 Å². The fraction of sp³-hybridized carbons (Fsp3) is 0.538. The average Bonchev–Trinajstić information content (AvgIpc) is 2.37. The minimum atomic E-state index is -3.54. The summed E-state index contributed by atoms with van der Waals surface area (Å²) in [5, 5.41) is 0. The number of ether oxygens (including phenoxy) is 1. The van der Waals surface area contributed by atoms with Gasteiger partial charge < -0.3 is 10.5 Å². The monoisotopic (exact) mass is 286 g/mol. The Hall–Kier alpha value is -1.27. The molecule has 6 heteroatoms. The highest BCUT2D eigenvalue weighted by Crippen LogP contribution is 2.25. The van der Waals surface area contributed by atoms with Gasteiger partial charge in [0.05, 0.1) is 17.7 Å². The van der Waals surface area contributed by atoms with Crippen LogP contribution in [0.3, 0.4) is 0 Å². The topological polar surface area (TPSA) is 81.4 Å². The van der Waals surface area contributed by atoms with Gasteiger partial charge in [-0.3, -0.25) is 0 Å². The van der Waals surface area contributed by atoms with Gasteiger partial charge in [0.15, 0.2) is 0 Å². The second-order valence-electron chi connectivity index (χ2n) is 5.25. The summed E-state index contributed by atoms with van der Waals surface area (Å²) in [6, 6.07) is 4.42. The van der Waals surface area contributed by atoms with Crippen molar-refractivity contribution in [3.8, 4) is 5.75 Å². The molecule has 0 aliphatic heterocycles. The van der Waals surface area contributed by atoms with Crippen LogP contribution >= 0.6 is 0 Å². The molecule has 3 N–H and O–H groups in total. The van der Waals surface area contributed by atoms with Gasteiger partial charge in [0.1, 0.15) is 5.75 Å². The molecular weight excluding hydrogens is 264 g/mol. The van der Waals surface area contributed by atoms with Crippen molar-refractivity contribution in [3.63, 3.8) is 0 Å². The summed E-state index contributed by atoms with van der Waals surface area (Å²) in [5.74, 6) is 0.359. The molecule has 1 aromatic carbocycles. The Morgan fingerprint density at radius 3 is 2.53 bits per heavy atom. The fourth-order valence-corrected chi connectivity index (χ4v) is 2.61. The summed E-state index contributed by atoms with van der Waals surface area (Å²) in [6.07, 6.45) is 0.889. The molecule has 0 aromatic heterocycles. The highest BCUT2D eigenvalue weighted by Gasteiger charge is 2.21. The van der Waals surface area contributed by atoms with Gasteiger partial charge in [-0.25, -0.2) is 13.1 Å². The third-order valence-electron chi connectivity index (χ3n) is 3.21. The largest absolute Gasteiger partial charge is 0.495 e. The maximum Gasteiger partial charge on any atom is 0.240 e. The molecule has 0 heterocycles. The summed E-state index contributed by atoms with van der Waals surface area (Å²) in [5.41, 5.74) is 6.00. The molecule has 0 spiro atoms. The normalized spacial score (nSPS) is 12.4. The molecule has 0 bridgehead atoms. The molecule has 108 valence electrons. The molecule has 1 rings (SSSR count). The number of nitrogens with one attached hydrogen (secondary N) is 1. The molecule has 0 saturated carbocycles. The van der Waals surface area contributed by atoms with Crippen molar-refractivity contribution in [1.29, 1.82) is 0 Å². The third kappa shape index (κ3) is 4.11. The molecule has 0 radical (unpaired) electrons. The van der Waals surface area contributed by atoms with Crippen LogP contribution in [-0.4, -0.2) is 22.1 Å². The SMILES string of the molecule is CCC(C)(C)CNS(=O)(=O)c1ccc(N)c(OC)c1. The van der Waals surface area contributed by atoms with E-state index < -0.39 is 10.0 Å². The summed E-state index contributed by atoms with van der Waals surface area (Å²) in [7, 11) is -2.08. The van der Waals surface area contributed by atoms with Crippen LogP contribution in [0.2, 0.25) is 0 Å². The molecule has 0 saturated heterocycles. The molecule has 5 nitrogen and oxygen atoms in total. The van der Waals surface area contributed by atoms with Gasteiger partial charge in [-0.2, -0.15) is 0 Å². The first-order chi connectivity index (χ1) is 8.72. The molecule has 0 amide bonds. The van der Waals surface area contributed by atoms with Crippen molar-refractivity contribution in [3.05, 3.63) is 18.2 Å². The van der Waals surface area contributed by atoms with E-state index in [4.69, 9.17) is 10.5 Å². The van der Waals surface area contributed by atoms with E-state index in [0.29, 0.717) is 18.0 Å². The number of sulfonamides is 1. The zero-order valence-corrected chi connectivity index (χ0v) is 12.7. The lowest BCUT2D eigenvalue weighted by atomic mass is 9.91. The smallest absolute Gasteiger partial charge is 0.240 e. The Balaban J connectivity index is 2.95. The van der Waals surface area contributed by atoms with Crippen molar-refractivity contribution in [2.24, 2.45) is 5.41 Å². The number of anilines is 1. The average molecular weight is 286 g/mol. The van der Waals surface area contributed by atoms with Crippen LogP contribution in [0.25, 0.3) is 0 Å². The van der Waals surface area contributed by atoms with E-state index in [9.17, 15) is 8.42 Å². The molecular formula is C13H22N2O3S. The summed E-state index contributed by atoms with van der Waals surface area (Å²) >= 11 is 0. The number of nitrogen functional groups attached to an aromatic ring is 1. The Morgan fingerprint density at radius 1 is 1.37 bits per heavy atom. The molecule has 1 aromatic rings. The molecule has 0 aliphatic carbocycles. The predicted molar refractivity (Wildman–Crippen MR) is 76.7 cm³/mol. The Bertz CT molecular complexity index is 539. The van der Waals surface area contributed by atoms with Gasteiger partial charge in [0.25, 0.3) is 0 Å². The number of hydrogen-bond acceptors (Lipinski definition) is 4. The highest BCUT2D eigenvalue weighted by molar-refractivity contribution is 7.89. The van der Waals surface area contributed by atoms with Gasteiger partial charge in [-0.15, -0.1) is 0 Å². The van der Waals surface area contributed by atoms with Gasteiger partial charge in [0.2, 0.25) is 10.0 Å². The Morgan fingerprint density at radius 2 is 2.00 bits per heavy atom. The maximum atomic E-state index is 12.2. The second-order valence-corrected chi connectivity index (χ2v) is 7.01. The van der Waals surface area contributed by atoms with E-state index in [2.05, 4.69) is 4.72 Å². The summed E-state index contributed by atoms with van der Waals surface area (Å²) in [4.78, 5) is 0.158. The second kappa shape index (κ2) is 5.79. The van der Waals surface area contributed by atoms with Gasteiger partial charge in [0, 0.05) is 12.6 Å². The van der Waals surface area contributed by atoms with Crippen LogP contribution in [-0.2, 0) is 10.0 Å². The van der Waals surface area contributed by atoms with Crippen molar-refractivity contribution in [2.75, 3.05) is 19.4 Å². The molecule has 0 fully saturated rings. The zero-order valence-electron chi connectivity index (χ0n) is 11.9. The van der Waals surface area contributed by atoms with Gasteiger partial charge in [-0.1, -0.05) is 20.8 Å². The zero-order chi connectivity index (χ0) is 14.7. The maximum absolute atomic E-state index is 12.2. The number of methoxy groups -OCH3 is 1. The lowest BCUT2D eigenvalue weighted by Crippen LogP contribution is -2.33. The summed E-state index contributed by atoms with van der Waals surface area (Å²) < 4.78 is 32.0. The molecule has 19 heavy (non-hydrogen) atoms. The Kier molecular flexibility index (Phi) is 4.81. The van der Waals surface area contributed by atoms with Crippen molar-refractivity contribution >= 4 is 15.7 Å². The lowest BCUT2D eigenvalue weighted by molar-refractivity contribution is 0.350. The van der Waals surface area contributed by atoms with Crippen LogP contribution in [0, 0.1) is 5.41 Å². The van der Waals surface area contributed by atoms with Crippen molar-refractivity contribution < 1.29 is 13.2 Å². The first-order valence-electron chi connectivity index (χ1n) is 6.15. The standard InChI is InChI=1S/C13H22N2O3S/c1-5-13(2,3)9-15-19(16,17)10-6-7-11(14)12(8-10)18-4/h6-8,15H,5,9,14H2,1-4H3. The molecule has 0 unspecified atom stereocenters. The Labute approximate surface area is 115 Å². The van der Waals surface area contributed by atoms with Crippen LogP contribution in [0.1, 0.15) is 27.2 Å². The van der Waals surface area contributed by atoms with Gasteiger partial charge in [-0.05, 0) is 24.0 Å². The minimum Gasteiger partial charge on any atom is -0.495 e. The summed E-state index contributed by atoms with van der Waals surface area (Å²) in [6.45, 7) is 6.44. The highest BCUT2D eigenvalue weighted by atomic mass is 32.2. The number of benzene rings is 1. The van der Waals surface area contributed by atoms with Crippen LogP contribution < -0.4 is 15.2 Å². The fourth-order valence-electron chi connectivity index (χ4n) is 1.36. The minimum absolute atomic E-state index is 0.0784. The first-order valence-corrected chi connectivity index (χ1v) is 7.63. The van der Waals surface area contributed by atoms with E-state index >= 15 is 0 Å². The number of hydrogen-bond donors (Lipinski definition) is 2.